The molecule has 0 spiro atoms. The molecule has 0 bridgehead atoms. The molecule has 0 aromatic carbocycles. The molecule has 12 nitrogen and oxygen atoms in total. The highest BCUT2D eigenvalue weighted by molar-refractivity contribution is 5.95. The van der Waals surface area contributed by atoms with Crippen molar-refractivity contribution in [2.24, 2.45) is 11.5 Å². The minimum Gasteiger partial charge on any atom is -0.478 e. The van der Waals surface area contributed by atoms with Gasteiger partial charge in [0.25, 0.3) is 0 Å². The first-order chi connectivity index (χ1) is 19.0. The average Bonchev–Trinajstić information content (AvgIpc) is 3.29. The number of halogens is 3. The maximum absolute atomic E-state index is 13.0. The van der Waals surface area contributed by atoms with Gasteiger partial charge in [-0.15, -0.1) is 0 Å². The fourth-order valence-corrected chi connectivity index (χ4v) is 3.68. The Bertz CT molecular complexity index is 1100. The van der Waals surface area contributed by atoms with Gasteiger partial charge in [-0.05, 0) is 37.8 Å². The number of rotatable bonds is 15. The highest BCUT2D eigenvalue weighted by atomic mass is 19.4. The molecule has 0 saturated carbocycles. The standard InChI is InChI=1S/C25H32F3N9O3/c26-25(27,28)23(38)35-24-36(9-1-3-13-39-19-7-5-17(15-33-19)21(29)30)11-12-37(24)10-2-4-14-40-20-8-6-18(16-34-20)22(31)32/h5-8,11-12,15-16,24H,1-4,9-10,13-14H2,(H3,29,30)(H3,31,32)(H,35,38). The van der Waals surface area contributed by atoms with Gasteiger partial charge in [-0.25, -0.2) is 9.97 Å². The predicted octanol–water partition coefficient (Wildman–Crippen LogP) is 2.11. The number of amides is 1. The molecule has 2 aromatic rings. The normalized spacial score (nSPS) is 14.7. The van der Waals surface area contributed by atoms with E-state index in [9.17, 15) is 18.0 Å². The lowest BCUT2D eigenvalue weighted by molar-refractivity contribution is -0.176. The van der Waals surface area contributed by atoms with E-state index in [0.717, 1.165) is 0 Å². The van der Waals surface area contributed by atoms with Gasteiger partial charge in [-0.1, -0.05) is 0 Å². The number of ether oxygens (including phenoxy) is 2. The lowest BCUT2D eigenvalue weighted by Crippen LogP contribution is -2.55. The van der Waals surface area contributed by atoms with Crippen molar-refractivity contribution >= 4 is 17.6 Å². The fourth-order valence-electron chi connectivity index (χ4n) is 3.68. The number of hydrogen-bond acceptors (Lipinski definition) is 9. The van der Waals surface area contributed by atoms with E-state index in [-0.39, 0.29) is 11.7 Å². The summed E-state index contributed by atoms with van der Waals surface area (Å²) in [7, 11) is 0. The van der Waals surface area contributed by atoms with E-state index < -0.39 is 18.4 Å². The first kappa shape index (κ1) is 30.0. The van der Waals surface area contributed by atoms with Crippen LogP contribution in [0.4, 0.5) is 13.2 Å². The average molecular weight is 564 g/mol. The number of amidine groups is 2. The van der Waals surface area contributed by atoms with E-state index >= 15 is 0 Å². The van der Waals surface area contributed by atoms with E-state index in [1.54, 1.807) is 46.5 Å². The summed E-state index contributed by atoms with van der Waals surface area (Å²) in [5.41, 5.74) is 11.8. The number of unbranched alkanes of at least 4 members (excludes halogenated alkanes) is 2. The second-order valence-corrected chi connectivity index (χ2v) is 8.83. The smallest absolute Gasteiger partial charge is 0.471 e. The number of pyridine rings is 2. The van der Waals surface area contributed by atoms with Gasteiger partial charge in [0, 0.05) is 61.1 Å². The van der Waals surface area contributed by atoms with Crippen LogP contribution in [0.2, 0.25) is 0 Å². The van der Waals surface area contributed by atoms with Crippen molar-refractivity contribution in [1.82, 2.24) is 25.1 Å². The highest BCUT2D eigenvalue weighted by Gasteiger charge is 2.41. The number of nitrogens with one attached hydrogen (secondary N) is 3. The minimum atomic E-state index is -5.00. The molecule has 1 amide bonds. The van der Waals surface area contributed by atoms with Crippen LogP contribution in [0.15, 0.2) is 49.1 Å². The molecule has 3 heterocycles. The molecule has 216 valence electrons. The van der Waals surface area contributed by atoms with Crippen molar-refractivity contribution in [3.63, 3.8) is 0 Å². The topological polar surface area (TPSA) is 180 Å². The van der Waals surface area contributed by atoms with Gasteiger partial charge in [-0.3, -0.25) is 15.6 Å². The number of nitrogen functional groups attached to an aromatic ring is 2. The number of carbonyl (C=O) groups is 1. The third-order valence-corrected chi connectivity index (χ3v) is 5.81. The Morgan fingerprint density at radius 3 is 1.65 bits per heavy atom. The molecule has 0 fully saturated rings. The Labute approximate surface area is 229 Å². The summed E-state index contributed by atoms with van der Waals surface area (Å²) in [5, 5.41) is 16.8. The second kappa shape index (κ2) is 14.0. The van der Waals surface area contributed by atoms with E-state index in [0.29, 0.717) is 74.9 Å². The van der Waals surface area contributed by atoms with Crippen molar-refractivity contribution in [2.45, 2.75) is 38.1 Å². The molecule has 0 aliphatic carbocycles. The highest BCUT2D eigenvalue weighted by Crippen LogP contribution is 2.20. The molecule has 1 aliphatic heterocycles. The van der Waals surface area contributed by atoms with Gasteiger partial charge in [-0.2, -0.15) is 13.2 Å². The van der Waals surface area contributed by atoms with E-state index in [2.05, 4.69) is 15.3 Å². The SMILES string of the molecule is N=C(N)c1ccc(OCCCCN2C=CN(CCCCOc3ccc(C(=N)N)cn3)C2NC(=O)C(F)(F)F)nc1. The minimum absolute atomic E-state index is 0.0955. The van der Waals surface area contributed by atoms with Gasteiger partial charge in [0.05, 0.1) is 13.2 Å². The van der Waals surface area contributed by atoms with Gasteiger partial charge >= 0.3 is 12.1 Å². The van der Waals surface area contributed by atoms with Crippen LogP contribution in [0, 0.1) is 10.8 Å². The largest absolute Gasteiger partial charge is 0.478 e. The summed E-state index contributed by atoms with van der Waals surface area (Å²) in [4.78, 5) is 23.1. The van der Waals surface area contributed by atoms with Crippen LogP contribution in [0.1, 0.15) is 36.8 Å². The van der Waals surface area contributed by atoms with Crippen molar-refractivity contribution in [1.29, 1.82) is 10.8 Å². The van der Waals surface area contributed by atoms with Crippen molar-refractivity contribution in [3.8, 4) is 11.8 Å². The van der Waals surface area contributed by atoms with Gasteiger partial charge in [0.15, 0.2) is 6.29 Å². The van der Waals surface area contributed by atoms with Crippen LogP contribution in [0.3, 0.4) is 0 Å². The molecule has 1 aliphatic rings. The molecule has 0 radical (unpaired) electrons. The van der Waals surface area contributed by atoms with Crippen LogP contribution in [0.25, 0.3) is 0 Å². The van der Waals surface area contributed by atoms with E-state index in [1.165, 1.54) is 12.4 Å². The Hall–Kier alpha value is -4.56. The van der Waals surface area contributed by atoms with Crippen LogP contribution < -0.4 is 26.3 Å². The molecule has 0 unspecified atom stereocenters. The lowest BCUT2D eigenvalue weighted by atomic mass is 10.2. The Morgan fingerprint density at radius 2 is 1.30 bits per heavy atom. The van der Waals surface area contributed by atoms with Crippen molar-refractivity contribution in [2.75, 3.05) is 26.3 Å². The molecular formula is C25H32F3N9O3. The summed E-state index contributed by atoms with van der Waals surface area (Å²) >= 11 is 0. The number of hydrogen-bond donors (Lipinski definition) is 5. The van der Waals surface area contributed by atoms with Crippen LogP contribution in [-0.4, -0.2) is 76.1 Å². The molecule has 2 aromatic heterocycles. The summed E-state index contributed by atoms with van der Waals surface area (Å²) in [6.07, 6.45) is 2.57. The molecule has 3 rings (SSSR count). The molecule has 7 N–H and O–H groups in total. The van der Waals surface area contributed by atoms with Gasteiger partial charge < -0.3 is 36.1 Å². The monoisotopic (exact) mass is 563 g/mol. The summed E-state index contributed by atoms with van der Waals surface area (Å²) in [6, 6.07) is 6.45. The van der Waals surface area contributed by atoms with Crippen LogP contribution >= 0.6 is 0 Å². The molecular weight excluding hydrogens is 531 g/mol. The Balaban J connectivity index is 1.43. The lowest BCUT2D eigenvalue weighted by Gasteiger charge is -2.33. The number of nitrogens with zero attached hydrogens (tertiary/aromatic N) is 4. The zero-order valence-corrected chi connectivity index (χ0v) is 21.7. The molecule has 40 heavy (non-hydrogen) atoms. The summed E-state index contributed by atoms with van der Waals surface area (Å²) < 4.78 is 50.0. The predicted molar refractivity (Wildman–Crippen MR) is 141 cm³/mol. The summed E-state index contributed by atoms with van der Waals surface area (Å²) in [6.45, 7) is 1.45. The van der Waals surface area contributed by atoms with Crippen LogP contribution in [0.5, 0.6) is 11.8 Å². The molecule has 15 heteroatoms. The zero-order valence-electron chi connectivity index (χ0n) is 21.7. The molecule has 0 atom stereocenters. The first-order valence-corrected chi connectivity index (χ1v) is 12.5. The quantitative estimate of drug-likeness (QED) is 0.123. The van der Waals surface area contributed by atoms with Crippen molar-refractivity contribution in [3.05, 3.63) is 60.2 Å². The third kappa shape index (κ3) is 9.03. The third-order valence-electron chi connectivity index (χ3n) is 5.81. The van der Waals surface area contributed by atoms with Crippen LogP contribution in [-0.2, 0) is 4.79 Å². The summed E-state index contributed by atoms with van der Waals surface area (Å²) in [5.74, 6) is -1.45. The van der Waals surface area contributed by atoms with Gasteiger partial charge in [0.2, 0.25) is 11.8 Å². The number of nitrogens with two attached hydrogens (primary N) is 2. The first-order valence-electron chi connectivity index (χ1n) is 12.5. The Morgan fingerprint density at radius 1 is 0.850 bits per heavy atom. The Kier molecular flexibility index (Phi) is 10.5. The van der Waals surface area contributed by atoms with Gasteiger partial charge in [0.1, 0.15) is 11.7 Å². The number of carbonyl (C=O) groups excluding carboxylic acids is 1. The number of aromatic nitrogens is 2. The fraction of sp³-hybridized carbons (Fsp3) is 0.400. The zero-order chi connectivity index (χ0) is 29.1. The maximum atomic E-state index is 13.0. The maximum Gasteiger partial charge on any atom is 0.471 e. The second-order valence-electron chi connectivity index (χ2n) is 8.83. The molecule has 0 saturated heterocycles. The van der Waals surface area contributed by atoms with Crippen molar-refractivity contribution < 1.29 is 27.4 Å². The number of alkyl halides is 3. The van der Waals surface area contributed by atoms with E-state index in [4.69, 9.17) is 31.8 Å². The van der Waals surface area contributed by atoms with E-state index in [1.807, 2.05) is 0 Å².